The van der Waals surface area contributed by atoms with Gasteiger partial charge < -0.3 is 20.5 Å². The van der Waals surface area contributed by atoms with Crippen molar-refractivity contribution in [2.75, 3.05) is 24.3 Å². The Labute approximate surface area is 329 Å². The third-order valence-electron chi connectivity index (χ3n) is 7.69. The van der Waals surface area contributed by atoms with E-state index in [2.05, 4.69) is 15.3 Å². The van der Waals surface area contributed by atoms with Gasteiger partial charge in [-0.1, -0.05) is 46.9 Å². The molecule has 2 aromatic heterocycles. The van der Waals surface area contributed by atoms with Crippen molar-refractivity contribution in [3.63, 3.8) is 0 Å². The highest BCUT2D eigenvalue weighted by molar-refractivity contribution is 6.39. The minimum Gasteiger partial charge on any atom is -0.462 e. The Bertz CT molecular complexity index is 2430. The number of hydrogen-bond acceptors (Lipinski definition) is 12. The number of hydrogen-bond donors (Lipinski definition) is 2. The zero-order chi connectivity index (χ0) is 40.4. The van der Waals surface area contributed by atoms with E-state index in [-0.39, 0.29) is 29.1 Å². The molecular formula is C38H33Cl3N6O8. The van der Waals surface area contributed by atoms with E-state index in [1.54, 1.807) is 88.4 Å². The highest BCUT2D eigenvalue weighted by atomic mass is 35.5. The molecule has 0 aliphatic rings. The molecule has 17 heteroatoms. The van der Waals surface area contributed by atoms with Crippen LogP contribution in [0.2, 0.25) is 15.1 Å². The summed E-state index contributed by atoms with van der Waals surface area (Å²) in [4.78, 5) is 53.1. The van der Waals surface area contributed by atoms with Gasteiger partial charge in [-0.15, -0.1) is 0 Å². The Hall–Kier alpha value is -6.09. The molecule has 284 valence electrons. The van der Waals surface area contributed by atoms with Crippen molar-refractivity contribution < 1.29 is 28.9 Å². The lowest BCUT2D eigenvalue weighted by atomic mass is 10.1. The Morgan fingerprint density at radius 2 is 1.20 bits per heavy atom. The van der Waals surface area contributed by atoms with Crippen molar-refractivity contribution in [1.29, 1.82) is 0 Å². The normalized spacial score (nSPS) is 10.4. The summed E-state index contributed by atoms with van der Waals surface area (Å²) in [7, 11) is 0. The van der Waals surface area contributed by atoms with Crippen LogP contribution in [0.4, 0.5) is 28.4 Å². The SMILES string of the molecule is CCOC(=O)c1cnc2ccc(Cl)cc2c1Cl.CCOC(=O)c1cnc2ccc(Cl)cc2c1Nc1ccc(C)c([N+](=O)[O-])c1.Cc1ccc(N)cc1[N+](=O)[O-]. The summed E-state index contributed by atoms with van der Waals surface area (Å²) in [6, 6.07) is 19.6. The van der Waals surface area contributed by atoms with Gasteiger partial charge in [-0.25, -0.2) is 9.59 Å². The van der Waals surface area contributed by atoms with Crippen LogP contribution in [0.3, 0.4) is 0 Å². The van der Waals surface area contributed by atoms with Gasteiger partial charge in [0.05, 0.1) is 50.4 Å². The average Bonchev–Trinajstić information content (AvgIpc) is 3.14. The van der Waals surface area contributed by atoms with Gasteiger partial charge in [0.15, 0.2) is 0 Å². The molecule has 0 fully saturated rings. The number of nitrogens with one attached hydrogen (secondary N) is 1. The number of fused-ring (bicyclic) bond motifs is 2. The molecule has 2 heterocycles. The molecule has 55 heavy (non-hydrogen) atoms. The van der Waals surface area contributed by atoms with E-state index in [0.717, 1.165) is 0 Å². The summed E-state index contributed by atoms with van der Waals surface area (Å²) in [6.45, 7) is 7.28. The summed E-state index contributed by atoms with van der Waals surface area (Å²) >= 11 is 18.1. The van der Waals surface area contributed by atoms with Crippen LogP contribution in [0.15, 0.2) is 85.2 Å². The Balaban J connectivity index is 0.000000204. The third-order valence-corrected chi connectivity index (χ3v) is 8.57. The van der Waals surface area contributed by atoms with Gasteiger partial charge in [-0.05, 0) is 76.2 Å². The second-order valence-corrected chi connectivity index (χ2v) is 12.7. The van der Waals surface area contributed by atoms with Crippen molar-refractivity contribution in [2.45, 2.75) is 27.7 Å². The lowest BCUT2D eigenvalue weighted by Crippen LogP contribution is -2.09. The van der Waals surface area contributed by atoms with Crippen LogP contribution in [0, 0.1) is 34.1 Å². The van der Waals surface area contributed by atoms with Gasteiger partial charge in [0, 0.05) is 67.8 Å². The third kappa shape index (κ3) is 10.5. The van der Waals surface area contributed by atoms with Crippen LogP contribution < -0.4 is 11.1 Å². The van der Waals surface area contributed by atoms with Gasteiger partial charge in [0.25, 0.3) is 11.4 Å². The van der Waals surface area contributed by atoms with E-state index >= 15 is 0 Å². The summed E-state index contributed by atoms with van der Waals surface area (Å²) in [5, 5.41) is 27.2. The number of nitrogens with zero attached hydrogens (tertiary/aromatic N) is 4. The summed E-state index contributed by atoms with van der Waals surface area (Å²) in [6.07, 6.45) is 2.83. The standard InChI is InChI=1S/C19H16ClN3O4.C12H9Cl2NO2.C7H8N2O2/c1-3-27-19(24)15-10-21-16-7-5-12(20)8-14(16)18(15)22-13-6-4-11(2)17(9-13)23(25)26;1-2-17-12(16)9-6-15-10-4-3-7(13)5-8(10)11(9)14;1-5-2-3-6(8)4-7(5)9(10)11/h4-10H,3H2,1-2H3,(H,21,22);3-6H,2H2,1H3;2-4H,8H2,1H3. The molecule has 0 saturated heterocycles. The maximum absolute atomic E-state index is 12.4. The lowest BCUT2D eigenvalue weighted by molar-refractivity contribution is -0.385. The van der Waals surface area contributed by atoms with Crippen molar-refractivity contribution in [3.05, 3.63) is 143 Å². The molecule has 0 radical (unpaired) electrons. The van der Waals surface area contributed by atoms with E-state index in [9.17, 15) is 29.8 Å². The number of halogens is 3. The number of esters is 2. The molecular weight excluding hydrogens is 775 g/mol. The van der Waals surface area contributed by atoms with E-state index in [4.69, 9.17) is 50.0 Å². The number of benzene rings is 4. The Morgan fingerprint density at radius 3 is 1.75 bits per heavy atom. The second-order valence-electron chi connectivity index (χ2n) is 11.5. The van der Waals surface area contributed by atoms with Gasteiger partial charge in [-0.3, -0.25) is 30.2 Å². The minimum absolute atomic E-state index is 0.0194. The molecule has 6 aromatic rings. The molecule has 0 aliphatic heterocycles. The van der Waals surface area contributed by atoms with Crippen LogP contribution in [-0.4, -0.2) is 45.0 Å². The first-order chi connectivity index (χ1) is 26.1. The fraction of sp³-hybridized carbons (Fsp3) is 0.158. The van der Waals surface area contributed by atoms with Gasteiger partial charge >= 0.3 is 11.9 Å². The minimum atomic E-state index is -0.545. The van der Waals surface area contributed by atoms with Crippen molar-refractivity contribution in [2.24, 2.45) is 0 Å². The number of carbonyl (C=O) groups excluding carboxylic acids is 2. The number of nitro benzene ring substituents is 2. The van der Waals surface area contributed by atoms with Crippen molar-refractivity contribution in [1.82, 2.24) is 9.97 Å². The number of nitro groups is 2. The second kappa shape index (κ2) is 18.8. The quantitative estimate of drug-likeness (QED) is 0.0638. The Morgan fingerprint density at radius 1 is 0.709 bits per heavy atom. The predicted molar refractivity (Wildman–Crippen MR) is 214 cm³/mol. The molecule has 0 unspecified atom stereocenters. The molecule has 0 spiro atoms. The van der Waals surface area contributed by atoms with E-state index in [1.807, 2.05) is 0 Å². The molecule has 0 amide bonds. The van der Waals surface area contributed by atoms with E-state index in [0.29, 0.717) is 71.7 Å². The molecule has 0 aliphatic carbocycles. The first-order valence-electron chi connectivity index (χ1n) is 16.3. The van der Waals surface area contributed by atoms with Crippen molar-refractivity contribution >= 4 is 97.0 Å². The van der Waals surface area contributed by atoms with Gasteiger partial charge in [0.1, 0.15) is 5.56 Å². The van der Waals surface area contributed by atoms with Crippen LogP contribution in [0.5, 0.6) is 0 Å². The number of aryl methyl sites for hydroxylation is 2. The number of rotatable bonds is 8. The summed E-state index contributed by atoms with van der Waals surface area (Å²) < 4.78 is 10.00. The van der Waals surface area contributed by atoms with Crippen LogP contribution in [0.25, 0.3) is 21.8 Å². The highest BCUT2D eigenvalue weighted by Gasteiger charge is 2.19. The molecule has 0 saturated carbocycles. The number of ether oxygens (including phenoxy) is 2. The monoisotopic (exact) mass is 806 g/mol. The van der Waals surface area contributed by atoms with Gasteiger partial charge in [0.2, 0.25) is 0 Å². The summed E-state index contributed by atoms with van der Waals surface area (Å²) in [5.41, 5.74) is 9.68. The van der Waals surface area contributed by atoms with E-state index in [1.165, 1.54) is 24.5 Å². The highest BCUT2D eigenvalue weighted by Crippen LogP contribution is 2.33. The number of nitrogen functional groups attached to an aromatic ring is 1. The molecule has 0 atom stereocenters. The topological polar surface area (TPSA) is 203 Å². The zero-order valence-corrected chi connectivity index (χ0v) is 32.0. The maximum Gasteiger partial charge on any atom is 0.341 e. The molecule has 14 nitrogen and oxygen atoms in total. The smallest absolute Gasteiger partial charge is 0.341 e. The largest absolute Gasteiger partial charge is 0.462 e. The molecule has 6 rings (SSSR count). The van der Waals surface area contributed by atoms with Crippen molar-refractivity contribution in [3.8, 4) is 0 Å². The Kier molecular flexibility index (Phi) is 14.2. The van der Waals surface area contributed by atoms with Gasteiger partial charge in [-0.2, -0.15) is 0 Å². The number of pyridine rings is 2. The molecule has 3 N–H and O–H groups in total. The average molecular weight is 808 g/mol. The predicted octanol–water partition coefficient (Wildman–Crippen LogP) is 10.2. The molecule has 4 aromatic carbocycles. The van der Waals surface area contributed by atoms with Crippen LogP contribution in [-0.2, 0) is 9.47 Å². The number of aromatic nitrogens is 2. The number of nitrogens with two attached hydrogens (primary N) is 1. The summed E-state index contributed by atoms with van der Waals surface area (Å²) in [5.74, 6) is -1.03. The van der Waals surface area contributed by atoms with Crippen LogP contribution in [0.1, 0.15) is 45.7 Å². The number of anilines is 3. The van der Waals surface area contributed by atoms with Crippen LogP contribution >= 0.6 is 34.8 Å². The first-order valence-corrected chi connectivity index (χ1v) is 17.5. The maximum atomic E-state index is 12.4. The fourth-order valence-corrected chi connectivity index (χ4v) is 5.62. The molecule has 0 bridgehead atoms. The zero-order valence-electron chi connectivity index (χ0n) is 29.8. The first kappa shape index (κ1) is 41.7. The van der Waals surface area contributed by atoms with E-state index < -0.39 is 21.8 Å². The fourth-order valence-electron chi connectivity index (χ4n) is 5.00. The number of carbonyl (C=O) groups is 2. The lowest BCUT2D eigenvalue weighted by Gasteiger charge is -2.14.